The number of rotatable bonds is 5. The predicted octanol–water partition coefficient (Wildman–Crippen LogP) is 1.11. The zero-order valence-corrected chi connectivity index (χ0v) is 22.4. The van der Waals surface area contributed by atoms with E-state index in [1.54, 1.807) is 11.1 Å². The first-order chi connectivity index (χ1) is 13.8. The van der Waals surface area contributed by atoms with Gasteiger partial charge in [0.2, 0.25) is 0 Å². The average Bonchev–Trinajstić information content (AvgIpc) is 3.38. The van der Waals surface area contributed by atoms with Crippen LogP contribution in [0.5, 0.6) is 0 Å². The van der Waals surface area contributed by atoms with Crippen molar-refractivity contribution < 1.29 is 47.7 Å². The smallest absolute Gasteiger partial charge is 1.00 e. The Labute approximate surface area is 203 Å². The van der Waals surface area contributed by atoms with Crippen LogP contribution in [0.3, 0.4) is 0 Å². The molecule has 1 heterocycles. The number of halogens is 2. The molecule has 152 valence electrons. The number of aromatic nitrogens is 1. The van der Waals surface area contributed by atoms with E-state index in [0.717, 1.165) is 0 Å². The molecular formula is C26H25Cl2HfN. The van der Waals surface area contributed by atoms with Gasteiger partial charge in [0.15, 0.2) is 0 Å². The molecule has 0 bridgehead atoms. The third kappa shape index (κ3) is 4.07. The van der Waals surface area contributed by atoms with Crippen LogP contribution in [0, 0.1) is 6.92 Å². The Hall–Kier alpha value is -1.35. The fourth-order valence-electron chi connectivity index (χ4n) is 4.67. The zero-order chi connectivity index (χ0) is 19.1. The molecule has 1 nitrogen and oxygen atoms in total. The minimum atomic E-state index is -1.06. The third-order valence-corrected chi connectivity index (χ3v) is 12.3. The topological polar surface area (TPSA) is 4.93 Å². The standard InChI is InChI=1S/C18H14N.C8H11.2ClH.Hf/c1-13-10-16-8-4-5-9-18(16)19(13)17-11-14-6-2-3-7-15(14)12-17;1-2-5-8-6-3-4-7-8;;;/h2-12H,1H3;3,6H,2,4-5H2,1H3;2*1H;/q;;;;+2/p-2. The monoisotopic (exact) mass is 601 g/mol. The zero-order valence-electron chi connectivity index (χ0n) is 17.3. The minimum absolute atomic E-state index is 0. The Bertz CT molecular complexity index is 1150. The van der Waals surface area contributed by atoms with Crippen molar-refractivity contribution in [3.05, 3.63) is 92.5 Å². The Morgan fingerprint density at radius 1 is 1.03 bits per heavy atom. The molecule has 5 rings (SSSR count). The van der Waals surface area contributed by atoms with E-state index in [1.165, 1.54) is 47.1 Å². The molecule has 0 aliphatic heterocycles. The molecule has 0 saturated heterocycles. The Morgan fingerprint density at radius 3 is 2.63 bits per heavy atom. The first kappa shape index (κ1) is 23.3. The van der Waals surface area contributed by atoms with Crippen molar-refractivity contribution in [2.75, 3.05) is 0 Å². The molecule has 30 heavy (non-hydrogen) atoms. The number of aryl methyl sites for hydroxylation is 1. The van der Waals surface area contributed by atoms with E-state index < -0.39 is 22.9 Å². The predicted molar refractivity (Wildman–Crippen MR) is 116 cm³/mol. The summed E-state index contributed by atoms with van der Waals surface area (Å²) in [5, 5.41) is 1.34. The number of hydrogen-bond donors (Lipinski definition) is 0. The summed E-state index contributed by atoms with van der Waals surface area (Å²) in [6, 6.07) is 20.2. The molecule has 0 fully saturated rings. The van der Waals surface area contributed by atoms with Crippen LogP contribution in [0.1, 0.15) is 46.7 Å². The molecule has 3 aromatic rings. The minimum Gasteiger partial charge on any atom is -1.00 e. The van der Waals surface area contributed by atoms with Crippen LogP contribution >= 0.6 is 0 Å². The van der Waals surface area contributed by atoms with Crippen molar-refractivity contribution in [3.8, 4) is 0 Å². The first-order valence-corrected chi connectivity index (χ1v) is 14.2. The molecule has 1 unspecified atom stereocenters. The van der Waals surface area contributed by atoms with Crippen molar-refractivity contribution in [1.82, 2.24) is 4.57 Å². The van der Waals surface area contributed by atoms with E-state index in [2.05, 4.69) is 91.2 Å². The summed E-state index contributed by atoms with van der Waals surface area (Å²) >= 11 is -1.06. The van der Waals surface area contributed by atoms with E-state index in [9.17, 15) is 0 Å². The van der Waals surface area contributed by atoms with Crippen LogP contribution in [0.25, 0.3) is 22.7 Å². The van der Waals surface area contributed by atoms with Crippen LogP contribution in [0.2, 0.25) is 0 Å². The molecule has 4 heteroatoms. The maximum atomic E-state index is 2.54. The van der Waals surface area contributed by atoms with E-state index in [0.29, 0.717) is 3.67 Å². The molecule has 2 aliphatic carbocycles. The molecular weight excluding hydrogens is 576 g/mol. The quantitative estimate of drug-likeness (QED) is 0.387. The molecule has 0 saturated carbocycles. The maximum Gasteiger partial charge on any atom is -1.00 e. The normalized spacial score (nSPS) is 16.7. The number of para-hydroxylation sites is 1. The SMILES string of the molecule is CCCC1=[C]([Hf+2][CH]2C(n3c(C)cc4ccccc43)=Cc3ccccc32)CC=C1.[Cl-].[Cl-]. The Balaban J connectivity index is 0.00000128. The summed E-state index contributed by atoms with van der Waals surface area (Å²) in [5.74, 6) is 0. The summed E-state index contributed by atoms with van der Waals surface area (Å²) in [6.45, 7) is 4.56. The second-order valence-corrected chi connectivity index (χ2v) is 13.1. The molecule has 1 aromatic heterocycles. The van der Waals surface area contributed by atoms with Gasteiger partial charge in [0.05, 0.1) is 0 Å². The van der Waals surface area contributed by atoms with Gasteiger partial charge in [-0.05, 0) is 0 Å². The number of fused-ring (bicyclic) bond motifs is 2. The summed E-state index contributed by atoms with van der Waals surface area (Å²) in [5.41, 5.74) is 8.85. The van der Waals surface area contributed by atoms with Gasteiger partial charge in [-0.3, -0.25) is 0 Å². The number of hydrogen-bond acceptors (Lipinski definition) is 0. The van der Waals surface area contributed by atoms with Gasteiger partial charge in [-0.15, -0.1) is 0 Å². The molecule has 0 spiro atoms. The van der Waals surface area contributed by atoms with Gasteiger partial charge in [-0.1, -0.05) is 0 Å². The molecule has 2 aromatic carbocycles. The van der Waals surface area contributed by atoms with Gasteiger partial charge in [-0.25, -0.2) is 0 Å². The first-order valence-electron chi connectivity index (χ1n) is 10.3. The van der Waals surface area contributed by atoms with Crippen LogP contribution in [0.4, 0.5) is 0 Å². The Morgan fingerprint density at radius 2 is 1.80 bits per heavy atom. The summed E-state index contributed by atoms with van der Waals surface area (Å²) in [6.07, 6.45) is 11.0. The molecule has 0 amide bonds. The third-order valence-electron chi connectivity index (χ3n) is 5.93. The van der Waals surface area contributed by atoms with Gasteiger partial charge in [0, 0.05) is 0 Å². The number of nitrogens with zero attached hydrogens (tertiary/aromatic N) is 1. The second-order valence-electron chi connectivity index (χ2n) is 7.82. The van der Waals surface area contributed by atoms with E-state index in [1.807, 2.05) is 3.33 Å². The van der Waals surface area contributed by atoms with E-state index in [-0.39, 0.29) is 24.8 Å². The molecule has 1 atom stereocenters. The fraction of sp³-hybridized carbons (Fsp3) is 0.231. The van der Waals surface area contributed by atoms with Crippen LogP contribution in [0.15, 0.2) is 75.7 Å². The molecule has 0 radical (unpaired) electrons. The van der Waals surface area contributed by atoms with Gasteiger partial charge in [-0.2, -0.15) is 0 Å². The van der Waals surface area contributed by atoms with E-state index >= 15 is 0 Å². The number of allylic oxidation sites excluding steroid dienone is 5. The van der Waals surface area contributed by atoms with Crippen LogP contribution < -0.4 is 24.8 Å². The van der Waals surface area contributed by atoms with Crippen molar-refractivity contribution in [2.24, 2.45) is 0 Å². The van der Waals surface area contributed by atoms with Crippen molar-refractivity contribution in [2.45, 2.75) is 36.8 Å². The van der Waals surface area contributed by atoms with E-state index in [4.69, 9.17) is 0 Å². The van der Waals surface area contributed by atoms with Crippen molar-refractivity contribution in [1.29, 1.82) is 0 Å². The summed E-state index contributed by atoms with van der Waals surface area (Å²) in [4.78, 5) is 0. The summed E-state index contributed by atoms with van der Waals surface area (Å²) in [7, 11) is 0. The van der Waals surface area contributed by atoms with Crippen molar-refractivity contribution in [3.63, 3.8) is 0 Å². The Kier molecular flexibility index (Phi) is 7.66. The van der Waals surface area contributed by atoms with Gasteiger partial charge >= 0.3 is 179 Å². The molecule has 2 aliphatic rings. The van der Waals surface area contributed by atoms with Gasteiger partial charge in [0.25, 0.3) is 0 Å². The maximum absolute atomic E-state index is 2.54. The molecule has 0 N–H and O–H groups in total. The largest absolute Gasteiger partial charge is 1.00 e. The van der Waals surface area contributed by atoms with Crippen LogP contribution in [-0.4, -0.2) is 4.57 Å². The van der Waals surface area contributed by atoms with Gasteiger partial charge < -0.3 is 24.8 Å². The summed E-state index contributed by atoms with van der Waals surface area (Å²) < 4.78 is 4.98. The average molecular weight is 601 g/mol. The van der Waals surface area contributed by atoms with Crippen molar-refractivity contribution >= 4 is 22.7 Å². The van der Waals surface area contributed by atoms with Crippen LogP contribution in [-0.2, 0) is 22.9 Å². The van der Waals surface area contributed by atoms with Gasteiger partial charge in [0.1, 0.15) is 0 Å². The fourth-order valence-corrected chi connectivity index (χ4v) is 11.0. The second kappa shape index (κ2) is 9.85. The number of benzene rings is 2.